The van der Waals surface area contributed by atoms with Crippen LogP contribution < -0.4 is 9.38 Å². The van der Waals surface area contributed by atoms with Crippen LogP contribution in [0.25, 0.3) is 11.8 Å². The Labute approximate surface area is 179 Å². The number of benzene rings is 3. The molecule has 0 saturated heterocycles. The summed E-state index contributed by atoms with van der Waals surface area (Å²) < 4.78 is 35.0. The van der Waals surface area contributed by atoms with Gasteiger partial charge in [-0.15, -0.1) is 0 Å². The molecular formula is C25H19BF2N2O. The number of para-hydroxylation sites is 2. The maximum Gasteiger partial charge on any atom is 0.834 e. The van der Waals surface area contributed by atoms with Gasteiger partial charge in [-0.1, -0.05) is 42.5 Å². The molecule has 0 atom stereocenters. The molecule has 0 bridgehead atoms. The van der Waals surface area contributed by atoms with E-state index in [0.717, 1.165) is 21.5 Å². The molecule has 0 N–H and O–H groups in total. The minimum Gasteiger partial charge on any atom is -0.599 e. The third-order valence-electron chi connectivity index (χ3n) is 5.23. The van der Waals surface area contributed by atoms with Gasteiger partial charge in [0.25, 0.3) is 0 Å². The number of halogens is 2. The van der Waals surface area contributed by atoms with Crippen molar-refractivity contribution in [1.29, 1.82) is 0 Å². The number of pyridine rings is 1. The van der Waals surface area contributed by atoms with Crippen LogP contribution in [0.5, 0.6) is 0 Å². The van der Waals surface area contributed by atoms with Crippen molar-refractivity contribution in [2.75, 3.05) is 4.90 Å². The first-order chi connectivity index (χ1) is 15.1. The molecule has 1 aliphatic heterocycles. The van der Waals surface area contributed by atoms with Crippen molar-refractivity contribution in [2.45, 2.75) is 0 Å². The number of hydrogen-bond acceptors (Lipinski definition) is 2. The van der Waals surface area contributed by atoms with Crippen LogP contribution in [-0.2, 0) is 4.65 Å². The number of anilines is 3. The third kappa shape index (κ3) is 3.68. The number of fused-ring (bicyclic) bond motifs is 1. The number of aromatic nitrogens is 1. The molecule has 5 rings (SSSR count). The SMILES string of the molecule is F[B-]1(F)OC(c2ccc(N(c3ccccc3)c3ccccc3)cc2)=Cc2cccc[n+]21. The van der Waals surface area contributed by atoms with Crippen LogP contribution in [0.15, 0.2) is 109 Å². The molecule has 3 aromatic carbocycles. The first kappa shape index (κ1) is 19.1. The van der Waals surface area contributed by atoms with E-state index in [1.807, 2.05) is 84.9 Å². The Balaban J connectivity index is 1.53. The van der Waals surface area contributed by atoms with Crippen LogP contribution in [0, 0.1) is 0 Å². The van der Waals surface area contributed by atoms with Gasteiger partial charge in [0.2, 0.25) is 0 Å². The van der Waals surface area contributed by atoms with E-state index in [1.165, 1.54) is 6.20 Å². The zero-order valence-electron chi connectivity index (χ0n) is 16.6. The van der Waals surface area contributed by atoms with E-state index < -0.39 is 7.04 Å². The molecule has 2 heterocycles. The Morgan fingerprint density at radius 3 is 1.81 bits per heavy atom. The van der Waals surface area contributed by atoms with Crippen molar-refractivity contribution in [3.8, 4) is 0 Å². The van der Waals surface area contributed by atoms with Gasteiger partial charge >= 0.3 is 7.04 Å². The molecular weight excluding hydrogens is 393 g/mol. The van der Waals surface area contributed by atoms with Gasteiger partial charge in [-0.05, 0) is 54.6 Å². The van der Waals surface area contributed by atoms with Crippen LogP contribution in [0.4, 0.5) is 25.7 Å². The number of hydrogen-bond donors (Lipinski definition) is 0. The summed E-state index contributed by atoms with van der Waals surface area (Å²) in [5, 5.41) is 0. The van der Waals surface area contributed by atoms with Crippen LogP contribution in [0.1, 0.15) is 11.3 Å². The molecule has 0 unspecified atom stereocenters. The molecule has 1 aliphatic rings. The maximum atomic E-state index is 14.5. The molecule has 6 heteroatoms. The summed E-state index contributed by atoms with van der Waals surface area (Å²) in [5.41, 5.74) is 3.95. The summed E-state index contributed by atoms with van der Waals surface area (Å²) in [7, 11) is -4.17. The standard InChI is InChI=1S/C25H19BF2N2O/c27-26(28)29-18-8-7-13-24(29)19-25(31-26)20-14-16-23(17-15-20)30(21-9-3-1-4-10-21)22-11-5-2-6-12-22/h1-19H. The van der Waals surface area contributed by atoms with Crippen molar-refractivity contribution in [3.63, 3.8) is 0 Å². The molecule has 0 aliphatic carbocycles. The van der Waals surface area contributed by atoms with Gasteiger partial charge < -0.3 is 22.7 Å². The van der Waals surface area contributed by atoms with Crippen LogP contribution in [0.3, 0.4) is 0 Å². The van der Waals surface area contributed by atoms with E-state index in [0.29, 0.717) is 11.3 Å². The summed E-state index contributed by atoms with van der Waals surface area (Å²) in [6, 6.07) is 32.4. The Morgan fingerprint density at radius 2 is 1.19 bits per heavy atom. The lowest BCUT2D eigenvalue weighted by atomic mass is 9.98. The summed E-state index contributed by atoms with van der Waals surface area (Å²) in [5.74, 6) is 0.161. The number of rotatable bonds is 4. The monoisotopic (exact) mass is 412 g/mol. The van der Waals surface area contributed by atoms with Gasteiger partial charge in [0.15, 0.2) is 5.69 Å². The highest BCUT2D eigenvalue weighted by atomic mass is 19.3. The Morgan fingerprint density at radius 1 is 0.645 bits per heavy atom. The fourth-order valence-electron chi connectivity index (χ4n) is 3.77. The van der Waals surface area contributed by atoms with E-state index in [1.54, 1.807) is 24.3 Å². The van der Waals surface area contributed by atoms with Crippen LogP contribution in [0.2, 0.25) is 0 Å². The molecule has 152 valence electrons. The highest BCUT2D eigenvalue weighted by Gasteiger charge is 2.49. The lowest BCUT2D eigenvalue weighted by molar-refractivity contribution is -0.583. The second-order valence-electron chi connectivity index (χ2n) is 7.27. The van der Waals surface area contributed by atoms with E-state index in [4.69, 9.17) is 4.65 Å². The van der Waals surface area contributed by atoms with E-state index in [2.05, 4.69) is 4.90 Å². The summed E-state index contributed by atoms with van der Waals surface area (Å²) in [6.07, 6.45) is 2.98. The second kappa shape index (κ2) is 7.72. The normalized spacial score (nSPS) is 14.2. The average molecular weight is 412 g/mol. The van der Waals surface area contributed by atoms with E-state index >= 15 is 0 Å². The topological polar surface area (TPSA) is 16.4 Å². The Hall–Kier alpha value is -3.93. The molecule has 0 radical (unpaired) electrons. The predicted molar refractivity (Wildman–Crippen MR) is 120 cm³/mol. The van der Waals surface area contributed by atoms with Crippen molar-refractivity contribution in [2.24, 2.45) is 0 Å². The van der Waals surface area contributed by atoms with Crippen LogP contribution in [-0.4, -0.2) is 7.04 Å². The Bertz CT molecular complexity index is 1190. The molecule has 3 nitrogen and oxygen atoms in total. The van der Waals surface area contributed by atoms with E-state index in [-0.39, 0.29) is 5.76 Å². The predicted octanol–water partition coefficient (Wildman–Crippen LogP) is 6.19. The Kier molecular flexibility index (Phi) is 4.75. The first-order valence-corrected chi connectivity index (χ1v) is 10.0. The number of nitrogens with zero attached hydrogens (tertiary/aromatic N) is 2. The third-order valence-corrected chi connectivity index (χ3v) is 5.23. The molecule has 0 spiro atoms. The minimum absolute atomic E-state index is 0.161. The smallest absolute Gasteiger partial charge is 0.599 e. The maximum absolute atomic E-state index is 14.5. The molecule has 31 heavy (non-hydrogen) atoms. The molecule has 0 amide bonds. The molecule has 0 saturated carbocycles. The highest BCUT2D eigenvalue weighted by Crippen LogP contribution is 2.35. The van der Waals surface area contributed by atoms with Gasteiger partial charge in [-0.2, -0.15) is 0 Å². The van der Waals surface area contributed by atoms with Crippen LogP contribution >= 0.6 is 0 Å². The van der Waals surface area contributed by atoms with Gasteiger partial charge in [0, 0.05) is 34.8 Å². The fraction of sp³-hybridized carbons (Fsp3) is 0. The second-order valence-corrected chi connectivity index (χ2v) is 7.27. The lowest BCUT2D eigenvalue weighted by Gasteiger charge is -2.28. The fourth-order valence-corrected chi connectivity index (χ4v) is 3.77. The molecule has 4 aromatic rings. The van der Waals surface area contributed by atoms with Gasteiger partial charge in [-0.3, -0.25) is 0 Å². The van der Waals surface area contributed by atoms with E-state index in [9.17, 15) is 8.63 Å². The zero-order chi connectivity index (χ0) is 21.3. The van der Waals surface area contributed by atoms with Gasteiger partial charge in [-0.25, -0.2) is 0 Å². The largest absolute Gasteiger partial charge is 0.834 e. The highest BCUT2D eigenvalue weighted by molar-refractivity contribution is 6.51. The minimum atomic E-state index is -4.17. The quantitative estimate of drug-likeness (QED) is 0.372. The van der Waals surface area contributed by atoms with Gasteiger partial charge in [0.1, 0.15) is 6.20 Å². The summed E-state index contributed by atoms with van der Waals surface area (Å²) in [6.45, 7) is 0. The summed E-state index contributed by atoms with van der Waals surface area (Å²) in [4.78, 5) is 2.11. The summed E-state index contributed by atoms with van der Waals surface area (Å²) >= 11 is 0. The van der Waals surface area contributed by atoms with Crippen molar-refractivity contribution in [1.82, 2.24) is 0 Å². The van der Waals surface area contributed by atoms with Crippen molar-refractivity contribution in [3.05, 3.63) is 121 Å². The average Bonchev–Trinajstić information content (AvgIpc) is 2.81. The first-order valence-electron chi connectivity index (χ1n) is 10.0. The molecule has 1 aromatic heterocycles. The molecule has 0 fully saturated rings. The van der Waals surface area contributed by atoms with Crippen molar-refractivity contribution < 1.29 is 17.8 Å². The zero-order valence-corrected chi connectivity index (χ0v) is 16.6. The van der Waals surface area contributed by atoms with Crippen molar-refractivity contribution >= 4 is 35.9 Å². The van der Waals surface area contributed by atoms with Gasteiger partial charge in [0.05, 0.1) is 5.76 Å². The lowest BCUT2D eigenvalue weighted by Crippen LogP contribution is -2.63.